The standard InChI is InChI=1S/C19H24N6/c1-14(20-10-16-11-21-19-8-9-22-24(19)13-16)18-12-23-25(15(18)2)17-6-4-3-5-7-17/h3-9,12,14,16,20-21H,10-11,13H2,1-2H3. The topological polar surface area (TPSA) is 59.7 Å². The second kappa shape index (κ2) is 6.72. The molecule has 0 fully saturated rings. The normalized spacial score (nSPS) is 17.8. The van der Waals surface area contributed by atoms with E-state index in [4.69, 9.17) is 0 Å². The van der Waals surface area contributed by atoms with Crippen molar-refractivity contribution in [3.05, 3.63) is 60.0 Å². The van der Waals surface area contributed by atoms with Crippen LogP contribution in [0.25, 0.3) is 5.69 Å². The monoisotopic (exact) mass is 336 g/mol. The Balaban J connectivity index is 1.40. The van der Waals surface area contributed by atoms with E-state index >= 15 is 0 Å². The Bertz CT molecular complexity index is 835. The molecule has 6 heteroatoms. The minimum atomic E-state index is 0.261. The van der Waals surface area contributed by atoms with Crippen LogP contribution < -0.4 is 10.6 Å². The summed E-state index contributed by atoms with van der Waals surface area (Å²) in [5.41, 5.74) is 3.52. The summed E-state index contributed by atoms with van der Waals surface area (Å²) in [5, 5.41) is 16.0. The molecule has 2 atom stereocenters. The first-order valence-electron chi connectivity index (χ1n) is 8.81. The SMILES string of the molecule is Cc1c(C(C)NCC2CNc3ccnn3C2)cnn1-c1ccccc1. The quantitative estimate of drug-likeness (QED) is 0.752. The lowest BCUT2D eigenvalue weighted by Crippen LogP contribution is -2.36. The third-order valence-electron chi connectivity index (χ3n) is 4.95. The van der Waals surface area contributed by atoms with E-state index in [0.29, 0.717) is 5.92 Å². The van der Waals surface area contributed by atoms with Crippen LogP contribution in [-0.2, 0) is 6.54 Å². The van der Waals surface area contributed by atoms with Crippen molar-refractivity contribution in [2.24, 2.45) is 5.92 Å². The summed E-state index contributed by atoms with van der Waals surface area (Å²) in [4.78, 5) is 0. The van der Waals surface area contributed by atoms with Crippen molar-refractivity contribution in [3.8, 4) is 5.69 Å². The van der Waals surface area contributed by atoms with E-state index in [1.807, 2.05) is 46.0 Å². The van der Waals surface area contributed by atoms with Crippen LogP contribution in [0.15, 0.2) is 48.8 Å². The average Bonchev–Trinajstić information content (AvgIpc) is 3.26. The van der Waals surface area contributed by atoms with Crippen LogP contribution in [0.3, 0.4) is 0 Å². The molecule has 0 bridgehead atoms. The molecule has 1 aromatic carbocycles. The Morgan fingerprint density at radius 3 is 2.92 bits per heavy atom. The first-order chi connectivity index (χ1) is 12.2. The maximum atomic E-state index is 4.57. The van der Waals surface area contributed by atoms with Gasteiger partial charge in [-0.2, -0.15) is 10.2 Å². The third-order valence-corrected chi connectivity index (χ3v) is 4.95. The molecule has 1 aliphatic rings. The Hall–Kier alpha value is -2.60. The predicted octanol–water partition coefficient (Wildman–Crippen LogP) is 2.77. The largest absolute Gasteiger partial charge is 0.370 e. The molecule has 25 heavy (non-hydrogen) atoms. The van der Waals surface area contributed by atoms with Crippen molar-refractivity contribution in [3.63, 3.8) is 0 Å². The lowest BCUT2D eigenvalue weighted by molar-refractivity contribution is 0.376. The molecular formula is C19H24N6. The van der Waals surface area contributed by atoms with Gasteiger partial charge in [0.2, 0.25) is 0 Å². The highest BCUT2D eigenvalue weighted by Gasteiger charge is 2.20. The molecule has 4 rings (SSSR count). The molecule has 130 valence electrons. The van der Waals surface area contributed by atoms with Crippen LogP contribution in [0, 0.1) is 12.8 Å². The molecule has 3 aromatic rings. The number of hydrogen-bond donors (Lipinski definition) is 2. The Labute approximate surface area is 147 Å². The molecule has 3 heterocycles. The molecule has 0 aliphatic carbocycles. The number of nitrogens with one attached hydrogen (secondary N) is 2. The minimum absolute atomic E-state index is 0.261. The summed E-state index contributed by atoms with van der Waals surface area (Å²) in [5.74, 6) is 1.64. The summed E-state index contributed by atoms with van der Waals surface area (Å²) in [6.45, 7) is 7.22. The fourth-order valence-corrected chi connectivity index (χ4v) is 3.45. The summed E-state index contributed by atoms with van der Waals surface area (Å²) in [7, 11) is 0. The van der Waals surface area contributed by atoms with E-state index in [-0.39, 0.29) is 6.04 Å². The number of rotatable bonds is 5. The zero-order valence-corrected chi connectivity index (χ0v) is 14.7. The highest BCUT2D eigenvalue weighted by atomic mass is 15.3. The average molecular weight is 336 g/mol. The molecule has 0 amide bonds. The van der Waals surface area contributed by atoms with Gasteiger partial charge >= 0.3 is 0 Å². The van der Waals surface area contributed by atoms with Gasteiger partial charge in [0.25, 0.3) is 0 Å². The number of fused-ring (bicyclic) bond motifs is 1. The van der Waals surface area contributed by atoms with Crippen molar-refractivity contribution >= 4 is 5.82 Å². The van der Waals surface area contributed by atoms with Gasteiger partial charge in [-0.05, 0) is 26.0 Å². The van der Waals surface area contributed by atoms with Crippen LogP contribution in [0.2, 0.25) is 0 Å². The van der Waals surface area contributed by atoms with Crippen molar-refractivity contribution in [2.45, 2.75) is 26.4 Å². The fraction of sp³-hybridized carbons (Fsp3) is 0.368. The number of aromatic nitrogens is 4. The maximum Gasteiger partial charge on any atom is 0.124 e. The van der Waals surface area contributed by atoms with Crippen LogP contribution >= 0.6 is 0 Å². The highest BCUT2D eigenvalue weighted by Crippen LogP contribution is 2.21. The molecule has 0 spiro atoms. The summed E-state index contributed by atoms with van der Waals surface area (Å²) in [6.07, 6.45) is 3.83. The molecule has 2 N–H and O–H groups in total. The molecule has 0 saturated heterocycles. The van der Waals surface area contributed by atoms with Gasteiger partial charge in [-0.25, -0.2) is 9.36 Å². The summed E-state index contributed by atoms with van der Waals surface area (Å²) in [6, 6.07) is 12.5. The molecular weight excluding hydrogens is 312 g/mol. The van der Waals surface area contributed by atoms with Crippen molar-refractivity contribution < 1.29 is 0 Å². The van der Waals surface area contributed by atoms with Gasteiger partial charge in [-0.15, -0.1) is 0 Å². The third kappa shape index (κ3) is 3.17. The number of para-hydroxylation sites is 1. The Morgan fingerprint density at radius 1 is 1.24 bits per heavy atom. The van der Waals surface area contributed by atoms with Crippen LogP contribution in [0.4, 0.5) is 5.82 Å². The number of hydrogen-bond acceptors (Lipinski definition) is 4. The summed E-state index contributed by atoms with van der Waals surface area (Å²) < 4.78 is 4.05. The smallest absolute Gasteiger partial charge is 0.124 e. The molecule has 0 radical (unpaired) electrons. The number of nitrogens with zero attached hydrogens (tertiary/aromatic N) is 4. The lowest BCUT2D eigenvalue weighted by Gasteiger charge is -2.26. The van der Waals surface area contributed by atoms with Crippen molar-refractivity contribution in [1.29, 1.82) is 0 Å². The van der Waals surface area contributed by atoms with Crippen LogP contribution in [-0.4, -0.2) is 32.7 Å². The van der Waals surface area contributed by atoms with Gasteiger partial charge in [0.05, 0.1) is 18.1 Å². The molecule has 0 saturated carbocycles. The number of benzene rings is 1. The highest BCUT2D eigenvalue weighted by molar-refractivity contribution is 5.36. The van der Waals surface area contributed by atoms with E-state index in [2.05, 4.69) is 46.8 Å². The Morgan fingerprint density at radius 2 is 2.08 bits per heavy atom. The molecule has 2 unspecified atom stereocenters. The van der Waals surface area contributed by atoms with Gasteiger partial charge in [-0.3, -0.25) is 0 Å². The zero-order valence-electron chi connectivity index (χ0n) is 14.7. The van der Waals surface area contributed by atoms with Gasteiger partial charge in [0.1, 0.15) is 5.82 Å². The van der Waals surface area contributed by atoms with Gasteiger partial charge in [0.15, 0.2) is 0 Å². The number of anilines is 1. The van der Waals surface area contributed by atoms with Crippen molar-refractivity contribution in [1.82, 2.24) is 24.9 Å². The molecule has 6 nitrogen and oxygen atoms in total. The first-order valence-corrected chi connectivity index (χ1v) is 8.81. The predicted molar refractivity (Wildman–Crippen MR) is 98.9 cm³/mol. The van der Waals surface area contributed by atoms with Crippen LogP contribution in [0.1, 0.15) is 24.2 Å². The Kier molecular flexibility index (Phi) is 4.28. The molecule has 1 aliphatic heterocycles. The fourth-order valence-electron chi connectivity index (χ4n) is 3.45. The molecule has 2 aromatic heterocycles. The van der Waals surface area contributed by atoms with E-state index in [1.54, 1.807) is 0 Å². The maximum absolute atomic E-state index is 4.57. The van der Waals surface area contributed by atoms with Gasteiger partial charge in [-0.1, -0.05) is 18.2 Å². The second-order valence-corrected chi connectivity index (χ2v) is 6.71. The first kappa shape index (κ1) is 15.9. The van der Waals surface area contributed by atoms with Crippen molar-refractivity contribution in [2.75, 3.05) is 18.4 Å². The second-order valence-electron chi connectivity index (χ2n) is 6.71. The lowest BCUT2D eigenvalue weighted by atomic mass is 10.1. The van der Waals surface area contributed by atoms with Gasteiger partial charge < -0.3 is 10.6 Å². The zero-order chi connectivity index (χ0) is 17.2. The van der Waals surface area contributed by atoms with Crippen LogP contribution in [0.5, 0.6) is 0 Å². The van der Waals surface area contributed by atoms with E-state index < -0.39 is 0 Å². The van der Waals surface area contributed by atoms with E-state index in [1.165, 1.54) is 11.3 Å². The van der Waals surface area contributed by atoms with Gasteiger partial charge in [0, 0.05) is 48.9 Å². The van der Waals surface area contributed by atoms with E-state index in [9.17, 15) is 0 Å². The van der Waals surface area contributed by atoms with E-state index in [0.717, 1.165) is 31.1 Å². The minimum Gasteiger partial charge on any atom is -0.370 e. The summed E-state index contributed by atoms with van der Waals surface area (Å²) >= 11 is 0.